The van der Waals surface area contributed by atoms with Crippen molar-refractivity contribution >= 4 is 16.6 Å². The van der Waals surface area contributed by atoms with Gasteiger partial charge in [-0.1, -0.05) is 13.8 Å². The number of ether oxygens (including phenoxy) is 1. The highest BCUT2D eigenvalue weighted by molar-refractivity contribution is 5.81. The highest BCUT2D eigenvalue weighted by Gasteiger charge is 2.13. The third kappa shape index (κ3) is 2.41. The van der Waals surface area contributed by atoms with Gasteiger partial charge in [-0.25, -0.2) is 4.98 Å². The summed E-state index contributed by atoms with van der Waals surface area (Å²) >= 11 is 0. The Labute approximate surface area is 117 Å². The maximum Gasteiger partial charge on any atom is 0.258 e. The van der Waals surface area contributed by atoms with Crippen molar-refractivity contribution in [3.8, 4) is 0 Å². The lowest BCUT2D eigenvalue weighted by Gasteiger charge is -2.28. The fraction of sp³-hybridized carbons (Fsp3) is 0.467. The number of aromatic nitrogens is 2. The van der Waals surface area contributed by atoms with Crippen molar-refractivity contribution < 1.29 is 4.74 Å². The van der Waals surface area contributed by atoms with Gasteiger partial charge in [0.2, 0.25) is 0 Å². The molecule has 0 spiro atoms. The van der Waals surface area contributed by atoms with Gasteiger partial charge >= 0.3 is 0 Å². The van der Waals surface area contributed by atoms with Crippen molar-refractivity contribution in [1.82, 2.24) is 9.97 Å². The van der Waals surface area contributed by atoms with Gasteiger partial charge in [0.25, 0.3) is 5.56 Å². The molecule has 1 aliphatic heterocycles. The number of fused-ring (bicyclic) bond motifs is 1. The van der Waals surface area contributed by atoms with E-state index in [1.54, 1.807) is 0 Å². The molecular formula is C15H19N3O2. The number of rotatable bonds is 2. The average molecular weight is 273 g/mol. The van der Waals surface area contributed by atoms with Gasteiger partial charge in [-0.2, -0.15) is 0 Å². The quantitative estimate of drug-likeness (QED) is 0.907. The van der Waals surface area contributed by atoms with Crippen LogP contribution in [0.5, 0.6) is 0 Å². The van der Waals surface area contributed by atoms with Crippen molar-refractivity contribution in [3.63, 3.8) is 0 Å². The van der Waals surface area contributed by atoms with Crippen LogP contribution in [0.4, 0.5) is 5.69 Å². The fourth-order valence-corrected chi connectivity index (χ4v) is 2.44. The molecule has 20 heavy (non-hydrogen) atoms. The summed E-state index contributed by atoms with van der Waals surface area (Å²) in [4.78, 5) is 21.8. The maximum atomic E-state index is 12.2. The van der Waals surface area contributed by atoms with Gasteiger partial charge in [-0.15, -0.1) is 0 Å². The van der Waals surface area contributed by atoms with Gasteiger partial charge in [0, 0.05) is 24.7 Å². The molecule has 2 heterocycles. The van der Waals surface area contributed by atoms with E-state index in [0.717, 1.165) is 43.3 Å². The van der Waals surface area contributed by atoms with Gasteiger partial charge in [0.05, 0.1) is 24.1 Å². The molecule has 1 saturated heterocycles. The van der Waals surface area contributed by atoms with E-state index in [9.17, 15) is 4.79 Å². The highest BCUT2D eigenvalue weighted by atomic mass is 16.5. The standard InChI is InChI=1S/C15H19N3O2/c1-10(2)14-16-13-4-3-11(9-12(13)15(19)17-14)18-5-7-20-8-6-18/h3-4,9-10H,5-8H2,1-2H3,(H,16,17,19). The second kappa shape index (κ2) is 5.25. The Balaban J connectivity index is 2.05. The number of benzene rings is 1. The van der Waals surface area contributed by atoms with E-state index in [0.29, 0.717) is 5.39 Å². The summed E-state index contributed by atoms with van der Waals surface area (Å²) in [5.41, 5.74) is 1.76. The van der Waals surface area contributed by atoms with Gasteiger partial charge in [-0.05, 0) is 18.2 Å². The Hall–Kier alpha value is -1.88. The summed E-state index contributed by atoms with van der Waals surface area (Å²) < 4.78 is 5.35. The molecule has 1 fully saturated rings. The summed E-state index contributed by atoms with van der Waals surface area (Å²) in [5.74, 6) is 0.952. The molecule has 2 aromatic rings. The van der Waals surface area contributed by atoms with Crippen molar-refractivity contribution in [2.75, 3.05) is 31.2 Å². The number of nitrogens with one attached hydrogen (secondary N) is 1. The summed E-state index contributed by atoms with van der Waals surface area (Å²) in [5, 5.41) is 0.651. The van der Waals surface area contributed by atoms with E-state index < -0.39 is 0 Å². The zero-order valence-corrected chi connectivity index (χ0v) is 11.8. The molecule has 3 rings (SSSR count). The Morgan fingerprint density at radius 3 is 2.75 bits per heavy atom. The van der Waals surface area contributed by atoms with Crippen molar-refractivity contribution in [2.24, 2.45) is 0 Å². The van der Waals surface area contributed by atoms with Crippen molar-refractivity contribution in [2.45, 2.75) is 19.8 Å². The SMILES string of the molecule is CC(C)c1nc2ccc(N3CCOCC3)cc2c(=O)[nH]1. The van der Waals surface area contributed by atoms with E-state index >= 15 is 0 Å². The van der Waals surface area contributed by atoms with Crippen LogP contribution < -0.4 is 10.5 Å². The maximum absolute atomic E-state index is 12.2. The molecule has 0 bridgehead atoms. The highest BCUT2D eigenvalue weighted by Crippen LogP contribution is 2.20. The topological polar surface area (TPSA) is 58.2 Å². The minimum Gasteiger partial charge on any atom is -0.378 e. The number of anilines is 1. The number of H-pyrrole nitrogens is 1. The molecule has 5 heteroatoms. The lowest BCUT2D eigenvalue weighted by molar-refractivity contribution is 0.122. The zero-order valence-electron chi connectivity index (χ0n) is 11.8. The minimum atomic E-state index is -0.0613. The second-order valence-electron chi connectivity index (χ2n) is 5.41. The second-order valence-corrected chi connectivity index (χ2v) is 5.41. The molecular weight excluding hydrogens is 254 g/mol. The van der Waals surface area contributed by atoms with Gasteiger partial charge < -0.3 is 14.6 Å². The smallest absolute Gasteiger partial charge is 0.258 e. The predicted molar refractivity (Wildman–Crippen MR) is 79.5 cm³/mol. The number of hydrogen-bond donors (Lipinski definition) is 1. The molecule has 5 nitrogen and oxygen atoms in total. The van der Waals surface area contributed by atoms with Crippen LogP contribution >= 0.6 is 0 Å². The van der Waals surface area contributed by atoms with Crippen molar-refractivity contribution in [1.29, 1.82) is 0 Å². The average Bonchev–Trinajstić information content (AvgIpc) is 2.47. The van der Waals surface area contributed by atoms with Gasteiger partial charge in [0.1, 0.15) is 5.82 Å². The van der Waals surface area contributed by atoms with Gasteiger partial charge in [0.15, 0.2) is 0 Å². The summed E-state index contributed by atoms with van der Waals surface area (Å²) in [6.45, 7) is 7.23. The Morgan fingerprint density at radius 2 is 2.05 bits per heavy atom. The molecule has 0 saturated carbocycles. The molecule has 1 aromatic heterocycles. The van der Waals surface area contributed by atoms with Crippen LogP contribution in [0, 0.1) is 0 Å². The first-order valence-electron chi connectivity index (χ1n) is 7.02. The molecule has 1 aromatic carbocycles. The van der Waals surface area contributed by atoms with Crippen LogP contribution in [-0.2, 0) is 4.74 Å². The third-order valence-electron chi connectivity index (χ3n) is 3.63. The molecule has 106 valence electrons. The van der Waals surface area contributed by atoms with Gasteiger partial charge in [-0.3, -0.25) is 4.79 Å². The van der Waals surface area contributed by atoms with E-state index in [4.69, 9.17) is 4.74 Å². The zero-order chi connectivity index (χ0) is 14.1. The summed E-state index contributed by atoms with van der Waals surface area (Å²) in [6, 6.07) is 5.89. The number of morpholine rings is 1. The van der Waals surface area contributed by atoms with Crippen LogP contribution in [0.15, 0.2) is 23.0 Å². The van der Waals surface area contributed by atoms with E-state index in [1.165, 1.54) is 0 Å². The largest absolute Gasteiger partial charge is 0.378 e. The van der Waals surface area contributed by atoms with Crippen LogP contribution in [0.2, 0.25) is 0 Å². The molecule has 0 atom stereocenters. The monoisotopic (exact) mass is 273 g/mol. The fourth-order valence-electron chi connectivity index (χ4n) is 2.44. The molecule has 1 N–H and O–H groups in total. The normalized spacial score (nSPS) is 16.1. The Kier molecular flexibility index (Phi) is 3.44. The number of nitrogens with zero attached hydrogens (tertiary/aromatic N) is 2. The third-order valence-corrected chi connectivity index (χ3v) is 3.63. The first-order chi connectivity index (χ1) is 9.65. The van der Waals surface area contributed by atoms with E-state index in [-0.39, 0.29) is 11.5 Å². The Bertz CT molecular complexity index is 672. The molecule has 0 amide bonds. The lowest BCUT2D eigenvalue weighted by atomic mass is 10.1. The lowest BCUT2D eigenvalue weighted by Crippen LogP contribution is -2.36. The number of hydrogen-bond acceptors (Lipinski definition) is 4. The van der Waals surface area contributed by atoms with E-state index in [2.05, 4.69) is 14.9 Å². The first-order valence-corrected chi connectivity index (χ1v) is 7.02. The summed E-state index contributed by atoms with van der Waals surface area (Å²) in [6.07, 6.45) is 0. The van der Waals surface area contributed by atoms with Crippen molar-refractivity contribution in [3.05, 3.63) is 34.4 Å². The first kappa shape index (κ1) is 13.1. The van der Waals surface area contributed by atoms with Crippen LogP contribution in [0.3, 0.4) is 0 Å². The summed E-state index contributed by atoms with van der Waals surface area (Å²) in [7, 11) is 0. The molecule has 0 unspecified atom stereocenters. The van der Waals surface area contributed by atoms with Crippen LogP contribution in [-0.4, -0.2) is 36.3 Å². The molecule has 1 aliphatic rings. The van der Waals surface area contributed by atoms with Crippen LogP contribution in [0.1, 0.15) is 25.6 Å². The van der Waals surface area contributed by atoms with Crippen LogP contribution in [0.25, 0.3) is 10.9 Å². The minimum absolute atomic E-state index is 0.0613. The number of aromatic amines is 1. The predicted octanol–water partition coefficient (Wildman–Crippen LogP) is 1.88. The Morgan fingerprint density at radius 1 is 1.30 bits per heavy atom. The van der Waals surface area contributed by atoms with E-state index in [1.807, 2.05) is 32.0 Å². The molecule has 0 radical (unpaired) electrons. The molecule has 0 aliphatic carbocycles.